The van der Waals surface area contributed by atoms with Crippen LogP contribution in [0.25, 0.3) is 0 Å². The van der Waals surface area contributed by atoms with E-state index >= 15 is 0 Å². The van der Waals surface area contributed by atoms with Gasteiger partial charge in [-0.1, -0.05) is 0 Å². The van der Waals surface area contributed by atoms with Crippen molar-refractivity contribution >= 4 is 11.8 Å². The van der Waals surface area contributed by atoms with E-state index in [1.165, 1.54) is 6.20 Å². The van der Waals surface area contributed by atoms with E-state index in [4.69, 9.17) is 9.47 Å². The maximum Gasteiger partial charge on any atom is 0.257 e. The third kappa shape index (κ3) is 3.44. The quantitative estimate of drug-likeness (QED) is 0.843. The summed E-state index contributed by atoms with van der Waals surface area (Å²) in [5, 5.41) is 6.80. The summed E-state index contributed by atoms with van der Waals surface area (Å²) in [6, 6.07) is 0.0663. The van der Waals surface area contributed by atoms with E-state index in [9.17, 15) is 9.59 Å². The number of aromatic nitrogens is 2. The van der Waals surface area contributed by atoms with E-state index in [2.05, 4.69) is 10.2 Å². The zero-order chi connectivity index (χ0) is 17.1. The second-order valence-electron chi connectivity index (χ2n) is 6.37. The van der Waals surface area contributed by atoms with Gasteiger partial charge in [-0.25, -0.2) is 0 Å². The molecule has 8 heteroatoms. The van der Waals surface area contributed by atoms with Gasteiger partial charge in [0.2, 0.25) is 5.91 Å². The van der Waals surface area contributed by atoms with Gasteiger partial charge in [0.05, 0.1) is 62.4 Å². The summed E-state index contributed by atoms with van der Waals surface area (Å²) in [7, 11) is 0. The van der Waals surface area contributed by atoms with Crippen LogP contribution in [-0.4, -0.2) is 83.4 Å². The van der Waals surface area contributed by atoms with Crippen LogP contribution in [0.2, 0.25) is 0 Å². The predicted octanol–water partition coefficient (Wildman–Crippen LogP) is 0.0604. The number of rotatable bonds is 3. The molecule has 0 unspecified atom stereocenters. The Morgan fingerprint density at radius 3 is 2.42 bits per heavy atom. The second kappa shape index (κ2) is 7.31. The van der Waals surface area contributed by atoms with Crippen LogP contribution in [0.1, 0.15) is 29.9 Å². The molecular weight excluding hydrogens is 312 g/mol. The maximum atomic E-state index is 12.8. The lowest BCUT2D eigenvalue weighted by Crippen LogP contribution is -2.48. The van der Waals surface area contributed by atoms with Crippen molar-refractivity contribution < 1.29 is 19.1 Å². The number of H-pyrrole nitrogens is 1. The number of hydrogen-bond donors (Lipinski definition) is 1. The number of aromatic amines is 1. The Labute approximate surface area is 141 Å². The van der Waals surface area contributed by atoms with E-state index in [-0.39, 0.29) is 30.3 Å². The van der Waals surface area contributed by atoms with Crippen molar-refractivity contribution in [2.24, 2.45) is 0 Å². The van der Waals surface area contributed by atoms with Crippen LogP contribution in [0.15, 0.2) is 6.20 Å². The van der Waals surface area contributed by atoms with Crippen molar-refractivity contribution in [2.75, 3.05) is 39.5 Å². The minimum Gasteiger partial charge on any atom is -0.377 e. The van der Waals surface area contributed by atoms with Gasteiger partial charge in [0.25, 0.3) is 5.91 Å². The topological polar surface area (TPSA) is 87.8 Å². The average Bonchev–Trinajstić information content (AvgIpc) is 3.03. The molecular formula is C16H24N4O4. The normalized spacial score (nSPS) is 24.9. The lowest BCUT2D eigenvalue weighted by Gasteiger charge is -2.34. The van der Waals surface area contributed by atoms with E-state index in [0.29, 0.717) is 50.8 Å². The van der Waals surface area contributed by atoms with Crippen molar-refractivity contribution in [2.45, 2.75) is 32.4 Å². The first kappa shape index (κ1) is 16.9. The molecule has 1 aromatic rings. The molecule has 1 N–H and O–H groups in total. The van der Waals surface area contributed by atoms with Gasteiger partial charge in [-0.15, -0.1) is 0 Å². The summed E-state index contributed by atoms with van der Waals surface area (Å²) >= 11 is 0. The van der Waals surface area contributed by atoms with Gasteiger partial charge in [0.15, 0.2) is 0 Å². The molecule has 0 bridgehead atoms. The Kier molecular flexibility index (Phi) is 5.15. The molecule has 3 rings (SSSR count). The summed E-state index contributed by atoms with van der Waals surface area (Å²) in [5.74, 6) is -0.114. The molecule has 3 heterocycles. The van der Waals surface area contributed by atoms with E-state index in [1.54, 1.807) is 9.80 Å². The van der Waals surface area contributed by atoms with Gasteiger partial charge in [-0.2, -0.15) is 5.10 Å². The number of carbonyl (C=O) groups is 2. The smallest absolute Gasteiger partial charge is 0.257 e. The Morgan fingerprint density at radius 1 is 1.17 bits per heavy atom. The number of nitrogens with zero attached hydrogens (tertiary/aromatic N) is 3. The Balaban J connectivity index is 1.70. The van der Waals surface area contributed by atoms with Crippen LogP contribution >= 0.6 is 0 Å². The van der Waals surface area contributed by atoms with Gasteiger partial charge in [0, 0.05) is 13.1 Å². The van der Waals surface area contributed by atoms with Crippen LogP contribution in [0.5, 0.6) is 0 Å². The lowest BCUT2D eigenvalue weighted by atomic mass is 10.1. The van der Waals surface area contributed by atoms with Gasteiger partial charge in [-0.05, 0) is 13.8 Å². The van der Waals surface area contributed by atoms with Crippen LogP contribution in [0.3, 0.4) is 0 Å². The first-order valence-corrected chi connectivity index (χ1v) is 8.36. The first-order chi connectivity index (χ1) is 11.6. The van der Waals surface area contributed by atoms with Gasteiger partial charge < -0.3 is 19.3 Å². The molecule has 132 valence electrons. The summed E-state index contributed by atoms with van der Waals surface area (Å²) in [6.07, 6.45) is 1.65. The molecule has 2 aliphatic heterocycles. The van der Waals surface area contributed by atoms with Crippen LogP contribution in [-0.2, 0) is 20.7 Å². The molecule has 0 aromatic carbocycles. The highest BCUT2D eigenvalue weighted by molar-refractivity contribution is 5.96. The summed E-state index contributed by atoms with van der Waals surface area (Å²) in [4.78, 5) is 28.9. The van der Waals surface area contributed by atoms with Crippen molar-refractivity contribution in [1.29, 1.82) is 0 Å². The summed E-state index contributed by atoms with van der Waals surface area (Å²) < 4.78 is 10.7. The third-order valence-corrected chi connectivity index (χ3v) is 4.59. The minimum atomic E-state index is -0.0997. The second-order valence-corrected chi connectivity index (χ2v) is 6.37. The maximum absolute atomic E-state index is 12.8. The van der Waals surface area contributed by atoms with Crippen molar-refractivity contribution in [1.82, 2.24) is 20.0 Å². The van der Waals surface area contributed by atoms with Crippen LogP contribution < -0.4 is 0 Å². The molecule has 2 aliphatic rings. The SMILES string of the molecule is C[C@@H]1COCCN1C(=O)Cc1[nH]ncc1C(=O)N1CCOC[C@H]1C. The zero-order valence-corrected chi connectivity index (χ0v) is 14.2. The molecule has 2 saturated heterocycles. The van der Waals surface area contributed by atoms with E-state index in [0.717, 1.165) is 0 Å². The fraction of sp³-hybridized carbons (Fsp3) is 0.688. The Morgan fingerprint density at radius 2 is 1.79 bits per heavy atom. The summed E-state index contributed by atoms with van der Waals surface area (Å²) in [5.41, 5.74) is 1.04. The fourth-order valence-corrected chi connectivity index (χ4v) is 3.17. The predicted molar refractivity (Wildman–Crippen MR) is 85.6 cm³/mol. The standard InChI is InChI=1S/C16H24N4O4/c1-11-9-23-5-3-19(11)15(21)7-14-13(8-17-18-14)16(22)20-4-6-24-10-12(20)2/h8,11-12H,3-7,9-10H2,1-2H3,(H,17,18)/t11-,12-/m1/s1. The minimum absolute atomic E-state index is 0.0147. The van der Waals surface area contributed by atoms with Crippen molar-refractivity contribution in [3.05, 3.63) is 17.5 Å². The number of amides is 2. The molecule has 24 heavy (non-hydrogen) atoms. The van der Waals surface area contributed by atoms with Crippen LogP contribution in [0.4, 0.5) is 0 Å². The van der Waals surface area contributed by atoms with Gasteiger partial charge in [-0.3, -0.25) is 14.7 Å². The Bertz CT molecular complexity index is 603. The molecule has 0 spiro atoms. The molecule has 1 aromatic heterocycles. The van der Waals surface area contributed by atoms with E-state index in [1.807, 2.05) is 13.8 Å². The molecule has 0 radical (unpaired) electrons. The average molecular weight is 336 g/mol. The van der Waals surface area contributed by atoms with Crippen LogP contribution in [0, 0.1) is 0 Å². The number of nitrogens with one attached hydrogen (secondary N) is 1. The highest BCUT2D eigenvalue weighted by atomic mass is 16.5. The number of ether oxygens (including phenoxy) is 2. The van der Waals surface area contributed by atoms with Gasteiger partial charge >= 0.3 is 0 Å². The lowest BCUT2D eigenvalue weighted by molar-refractivity contribution is -0.138. The molecule has 0 saturated carbocycles. The number of hydrogen-bond acceptors (Lipinski definition) is 5. The fourth-order valence-electron chi connectivity index (χ4n) is 3.17. The monoisotopic (exact) mass is 336 g/mol. The number of morpholine rings is 2. The molecule has 2 amide bonds. The van der Waals surface area contributed by atoms with Crippen molar-refractivity contribution in [3.63, 3.8) is 0 Å². The zero-order valence-electron chi connectivity index (χ0n) is 14.2. The molecule has 0 aliphatic carbocycles. The van der Waals surface area contributed by atoms with Gasteiger partial charge in [0.1, 0.15) is 0 Å². The summed E-state index contributed by atoms with van der Waals surface area (Å²) in [6.45, 7) is 7.22. The molecule has 8 nitrogen and oxygen atoms in total. The van der Waals surface area contributed by atoms with E-state index < -0.39 is 0 Å². The molecule has 2 atom stereocenters. The first-order valence-electron chi connectivity index (χ1n) is 8.36. The number of carbonyl (C=O) groups excluding carboxylic acids is 2. The molecule has 2 fully saturated rings. The highest BCUT2D eigenvalue weighted by Crippen LogP contribution is 2.16. The third-order valence-electron chi connectivity index (χ3n) is 4.59. The van der Waals surface area contributed by atoms with Crippen molar-refractivity contribution in [3.8, 4) is 0 Å². The Hall–Kier alpha value is -1.93. The highest BCUT2D eigenvalue weighted by Gasteiger charge is 2.29. The largest absolute Gasteiger partial charge is 0.377 e.